The summed E-state index contributed by atoms with van der Waals surface area (Å²) in [6.45, 7) is 5.85. The molecular formula is C17H24N2O4. The van der Waals surface area contributed by atoms with E-state index in [0.29, 0.717) is 32.0 Å². The summed E-state index contributed by atoms with van der Waals surface area (Å²) in [5.41, 5.74) is 0. The molecule has 3 rings (SSSR count). The standard InChI is InChI=1S/C17H24N2O4/c1-2-18(9-13-5-7-22-12-13)17(21)14-8-16(20)19(10-14)11-15-4-3-6-23-15/h3-4,6,13-14H,2,5,7-12H2,1H3/t13-,14+/m0/s1. The maximum Gasteiger partial charge on any atom is 0.227 e. The van der Waals surface area contributed by atoms with E-state index in [1.54, 1.807) is 17.2 Å². The van der Waals surface area contributed by atoms with Gasteiger partial charge in [0.05, 0.1) is 25.3 Å². The van der Waals surface area contributed by atoms with Crippen LogP contribution < -0.4 is 0 Å². The molecule has 0 aliphatic carbocycles. The van der Waals surface area contributed by atoms with Gasteiger partial charge in [-0.1, -0.05) is 0 Å². The molecule has 0 bridgehead atoms. The van der Waals surface area contributed by atoms with E-state index < -0.39 is 0 Å². The molecule has 2 atom stereocenters. The van der Waals surface area contributed by atoms with Gasteiger partial charge in [0.15, 0.2) is 0 Å². The molecule has 2 saturated heterocycles. The first-order valence-electron chi connectivity index (χ1n) is 8.34. The second-order valence-corrected chi connectivity index (χ2v) is 6.36. The van der Waals surface area contributed by atoms with Gasteiger partial charge >= 0.3 is 0 Å². The highest BCUT2D eigenvalue weighted by Gasteiger charge is 2.37. The molecule has 2 aliphatic heterocycles. The quantitative estimate of drug-likeness (QED) is 0.797. The molecule has 1 aromatic rings. The zero-order chi connectivity index (χ0) is 16.2. The Morgan fingerprint density at radius 1 is 1.48 bits per heavy atom. The lowest BCUT2D eigenvalue weighted by Gasteiger charge is -2.26. The summed E-state index contributed by atoms with van der Waals surface area (Å²) in [7, 11) is 0. The van der Waals surface area contributed by atoms with Gasteiger partial charge in [0.25, 0.3) is 0 Å². The van der Waals surface area contributed by atoms with Crippen molar-refractivity contribution in [1.29, 1.82) is 0 Å². The molecule has 6 heteroatoms. The third-order valence-electron chi connectivity index (χ3n) is 4.69. The van der Waals surface area contributed by atoms with Crippen LogP contribution in [0.15, 0.2) is 22.8 Å². The van der Waals surface area contributed by atoms with Crippen molar-refractivity contribution in [3.8, 4) is 0 Å². The third kappa shape index (κ3) is 3.75. The zero-order valence-corrected chi connectivity index (χ0v) is 13.6. The fourth-order valence-electron chi connectivity index (χ4n) is 3.35. The molecular weight excluding hydrogens is 296 g/mol. The number of hydrogen-bond acceptors (Lipinski definition) is 4. The van der Waals surface area contributed by atoms with Crippen molar-refractivity contribution in [1.82, 2.24) is 9.80 Å². The lowest BCUT2D eigenvalue weighted by atomic mass is 10.0. The summed E-state index contributed by atoms with van der Waals surface area (Å²) < 4.78 is 10.7. The van der Waals surface area contributed by atoms with Gasteiger partial charge in [0.1, 0.15) is 5.76 Å². The zero-order valence-electron chi connectivity index (χ0n) is 13.6. The van der Waals surface area contributed by atoms with Crippen LogP contribution in [0.2, 0.25) is 0 Å². The Labute approximate surface area is 136 Å². The molecule has 1 aromatic heterocycles. The summed E-state index contributed by atoms with van der Waals surface area (Å²) in [6, 6.07) is 3.65. The van der Waals surface area contributed by atoms with Gasteiger partial charge in [0, 0.05) is 38.6 Å². The molecule has 23 heavy (non-hydrogen) atoms. The van der Waals surface area contributed by atoms with Crippen LogP contribution in [0.4, 0.5) is 0 Å². The van der Waals surface area contributed by atoms with E-state index in [0.717, 1.165) is 31.9 Å². The molecule has 2 fully saturated rings. The van der Waals surface area contributed by atoms with Gasteiger partial charge in [-0.2, -0.15) is 0 Å². The van der Waals surface area contributed by atoms with Gasteiger partial charge in [-0.05, 0) is 25.5 Å². The second-order valence-electron chi connectivity index (χ2n) is 6.36. The Bertz CT molecular complexity index is 537. The fraction of sp³-hybridized carbons (Fsp3) is 0.647. The number of amides is 2. The van der Waals surface area contributed by atoms with Crippen molar-refractivity contribution >= 4 is 11.8 Å². The van der Waals surface area contributed by atoms with Crippen LogP contribution in [-0.4, -0.2) is 54.5 Å². The van der Waals surface area contributed by atoms with E-state index in [1.165, 1.54) is 0 Å². The highest BCUT2D eigenvalue weighted by Crippen LogP contribution is 2.23. The summed E-state index contributed by atoms with van der Waals surface area (Å²) in [6.07, 6.45) is 2.91. The average molecular weight is 320 g/mol. The number of furan rings is 1. The highest BCUT2D eigenvalue weighted by molar-refractivity contribution is 5.89. The number of carbonyl (C=O) groups excluding carboxylic acids is 2. The molecule has 0 aromatic carbocycles. The molecule has 6 nitrogen and oxygen atoms in total. The van der Waals surface area contributed by atoms with Crippen molar-refractivity contribution in [2.24, 2.45) is 11.8 Å². The molecule has 0 spiro atoms. The fourth-order valence-corrected chi connectivity index (χ4v) is 3.35. The van der Waals surface area contributed by atoms with Crippen molar-refractivity contribution in [3.63, 3.8) is 0 Å². The van der Waals surface area contributed by atoms with Crippen LogP contribution in [0.5, 0.6) is 0 Å². The van der Waals surface area contributed by atoms with Gasteiger partial charge in [-0.3, -0.25) is 9.59 Å². The number of hydrogen-bond donors (Lipinski definition) is 0. The van der Waals surface area contributed by atoms with Crippen LogP contribution in [0, 0.1) is 11.8 Å². The molecule has 2 aliphatic rings. The van der Waals surface area contributed by atoms with Crippen molar-refractivity contribution in [2.75, 3.05) is 32.8 Å². The SMILES string of the molecule is CCN(C[C@@H]1CCOC1)C(=O)[C@@H]1CC(=O)N(Cc2ccco2)C1. The minimum Gasteiger partial charge on any atom is -0.467 e. The van der Waals surface area contributed by atoms with Crippen LogP contribution in [0.1, 0.15) is 25.5 Å². The molecule has 2 amide bonds. The van der Waals surface area contributed by atoms with E-state index in [9.17, 15) is 9.59 Å². The van der Waals surface area contributed by atoms with Crippen LogP contribution in [0.25, 0.3) is 0 Å². The lowest BCUT2D eigenvalue weighted by molar-refractivity contribution is -0.136. The van der Waals surface area contributed by atoms with E-state index in [1.807, 2.05) is 17.9 Å². The van der Waals surface area contributed by atoms with Gasteiger partial charge in [-0.15, -0.1) is 0 Å². The Kier molecular flexibility index (Phi) is 5.00. The summed E-state index contributed by atoms with van der Waals surface area (Å²) in [5, 5.41) is 0. The minimum atomic E-state index is -0.236. The van der Waals surface area contributed by atoms with Gasteiger partial charge < -0.3 is 19.0 Å². The van der Waals surface area contributed by atoms with E-state index in [-0.39, 0.29) is 17.7 Å². The smallest absolute Gasteiger partial charge is 0.227 e. The molecule has 0 unspecified atom stereocenters. The first-order valence-corrected chi connectivity index (χ1v) is 8.34. The first-order chi connectivity index (χ1) is 11.2. The van der Waals surface area contributed by atoms with Gasteiger partial charge in [-0.25, -0.2) is 0 Å². The highest BCUT2D eigenvalue weighted by atomic mass is 16.5. The Hall–Kier alpha value is -1.82. The third-order valence-corrected chi connectivity index (χ3v) is 4.69. The first kappa shape index (κ1) is 16.1. The number of nitrogens with zero attached hydrogens (tertiary/aromatic N) is 2. The average Bonchev–Trinajstić information content (AvgIpc) is 3.28. The van der Waals surface area contributed by atoms with Crippen LogP contribution >= 0.6 is 0 Å². The summed E-state index contributed by atoms with van der Waals surface area (Å²) in [5.74, 6) is 1.06. The number of ether oxygens (including phenoxy) is 1. The Morgan fingerprint density at radius 2 is 2.35 bits per heavy atom. The monoisotopic (exact) mass is 320 g/mol. The van der Waals surface area contributed by atoms with Crippen molar-refractivity contribution in [3.05, 3.63) is 24.2 Å². The number of carbonyl (C=O) groups is 2. The predicted octanol–water partition coefficient (Wildman–Crippen LogP) is 1.51. The molecule has 0 N–H and O–H groups in total. The largest absolute Gasteiger partial charge is 0.467 e. The Morgan fingerprint density at radius 3 is 3.00 bits per heavy atom. The normalized spacial score (nSPS) is 24.4. The van der Waals surface area contributed by atoms with Crippen LogP contribution in [-0.2, 0) is 20.9 Å². The molecule has 0 saturated carbocycles. The predicted molar refractivity (Wildman–Crippen MR) is 83.4 cm³/mol. The van der Waals surface area contributed by atoms with Crippen molar-refractivity contribution in [2.45, 2.75) is 26.3 Å². The Balaban J connectivity index is 1.57. The number of likely N-dealkylation sites (tertiary alicyclic amines) is 1. The van der Waals surface area contributed by atoms with Crippen LogP contribution in [0.3, 0.4) is 0 Å². The maximum atomic E-state index is 12.7. The summed E-state index contributed by atoms with van der Waals surface area (Å²) >= 11 is 0. The second kappa shape index (κ2) is 7.17. The lowest BCUT2D eigenvalue weighted by Crippen LogP contribution is -2.40. The van der Waals surface area contributed by atoms with E-state index >= 15 is 0 Å². The minimum absolute atomic E-state index is 0.0278. The molecule has 0 radical (unpaired) electrons. The molecule has 126 valence electrons. The molecule has 3 heterocycles. The van der Waals surface area contributed by atoms with E-state index in [2.05, 4.69) is 0 Å². The summed E-state index contributed by atoms with van der Waals surface area (Å²) in [4.78, 5) is 28.5. The van der Waals surface area contributed by atoms with Gasteiger partial charge in [0.2, 0.25) is 11.8 Å². The van der Waals surface area contributed by atoms with E-state index in [4.69, 9.17) is 9.15 Å². The van der Waals surface area contributed by atoms with Crippen molar-refractivity contribution < 1.29 is 18.7 Å². The maximum absolute atomic E-state index is 12.7. The topological polar surface area (TPSA) is 63.0 Å². The number of rotatable bonds is 6.